The van der Waals surface area contributed by atoms with Crippen LogP contribution in [0.25, 0.3) is 6.08 Å². The summed E-state index contributed by atoms with van der Waals surface area (Å²) in [6, 6.07) is 3.88. The summed E-state index contributed by atoms with van der Waals surface area (Å²) in [5.74, 6) is -0.576. The predicted molar refractivity (Wildman–Crippen MR) is 94.3 cm³/mol. The van der Waals surface area contributed by atoms with E-state index in [0.717, 1.165) is 29.7 Å². The van der Waals surface area contributed by atoms with Gasteiger partial charge in [0.2, 0.25) is 5.91 Å². The van der Waals surface area contributed by atoms with Crippen LogP contribution in [0.1, 0.15) is 39.0 Å². The van der Waals surface area contributed by atoms with E-state index in [9.17, 15) is 9.59 Å². The van der Waals surface area contributed by atoms with Crippen LogP contribution >= 0.6 is 22.7 Å². The minimum atomic E-state index is -0.343. The molecule has 0 bridgehead atoms. The lowest BCUT2D eigenvalue weighted by molar-refractivity contribution is -0.111. The van der Waals surface area contributed by atoms with Gasteiger partial charge >= 0.3 is 5.97 Å². The smallest absolute Gasteiger partial charge is 0.341 e. The van der Waals surface area contributed by atoms with E-state index in [0.29, 0.717) is 17.2 Å². The summed E-state index contributed by atoms with van der Waals surface area (Å²) < 4.78 is 5.15. The highest BCUT2D eigenvalue weighted by molar-refractivity contribution is 7.17. The summed E-state index contributed by atoms with van der Waals surface area (Å²) in [7, 11) is 0. The van der Waals surface area contributed by atoms with Crippen LogP contribution in [0.3, 0.4) is 0 Å². The Labute approximate surface area is 142 Å². The van der Waals surface area contributed by atoms with Crippen molar-refractivity contribution in [2.24, 2.45) is 0 Å². The van der Waals surface area contributed by atoms with Crippen LogP contribution in [0, 0.1) is 0 Å². The first-order chi connectivity index (χ1) is 11.2. The van der Waals surface area contributed by atoms with Crippen LogP contribution in [0.2, 0.25) is 0 Å². The molecule has 1 N–H and O–H groups in total. The topological polar surface area (TPSA) is 55.4 Å². The molecule has 1 aliphatic carbocycles. The van der Waals surface area contributed by atoms with Crippen LogP contribution in [-0.2, 0) is 22.4 Å². The molecule has 0 saturated carbocycles. The Bertz CT molecular complexity index is 744. The number of esters is 1. The van der Waals surface area contributed by atoms with Crippen molar-refractivity contribution < 1.29 is 14.3 Å². The molecule has 0 unspecified atom stereocenters. The van der Waals surface area contributed by atoms with E-state index in [1.807, 2.05) is 17.5 Å². The highest BCUT2D eigenvalue weighted by atomic mass is 32.1. The number of carbonyl (C=O) groups is 2. The standard InChI is InChI=1S/C17H17NO3S2/c1-2-21-17(20)15-12-6-3-7-13(12)23-16(15)18-14(19)9-8-11-5-4-10-22-11/h4-5,8-10H,2-3,6-7H2,1H3,(H,18,19)/b9-8+. The number of carbonyl (C=O) groups excluding carboxylic acids is 2. The maximum absolute atomic E-state index is 12.2. The maximum atomic E-state index is 12.2. The summed E-state index contributed by atoms with van der Waals surface area (Å²) in [6.45, 7) is 2.11. The Morgan fingerprint density at radius 3 is 3.00 bits per heavy atom. The molecule has 2 aromatic rings. The molecule has 4 nitrogen and oxygen atoms in total. The first-order valence-corrected chi connectivity index (χ1v) is 9.23. The second kappa shape index (κ2) is 7.10. The van der Waals surface area contributed by atoms with Gasteiger partial charge in [-0.05, 0) is 49.3 Å². The number of hydrogen-bond acceptors (Lipinski definition) is 5. The second-order valence-corrected chi connectivity index (χ2v) is 7.20. The number of aryl methyl sites for hydroxylation is 1. The van der Waals surface area contributed by atoms with Crippen molar-refractivity contribution >= 4 is 45.6 Å². The number of nitrogens with one attached hydrogen (secondary N) is 1. The zero-order valence-corrected chi connectivity index (χ0v) is 14.4. The summed E-state index contributed by atoms with van der Waals surface area (Å²) in [4.78, 5) is 26.6. The van der Waals surface area contributed by atoms with Crippen LogP contribution in [-0.4, -0.2) is 18.5 Å². The van der Waals surface area contributed by atoms with Gasteiger partial charge in [-0.15, -0.1) is 22.7 Å². The molecule has 23 heavy (non-hydrogen) atoms. The first-order valence-electron chi connectivity index (χ1n) is 7.53. The van der Waals surface area contributed by atoms with Crippen molar-refractivity contribution in [1.29, 1.82) is 0 Å². The van der Waals surface area contributed by atoms with Gasteiger partial charge in [0, 0.05) is 15.8 Å². The third kappa shape index (κ3) is 3.54. The van der Waals surface area contributed by atoms with Gasteiger partial charge in [-0.25, -0.2) is 4.79 Å². The SMILES string of the molecule is CCOC(=O)c1c(NC(=O)/C=C/c2cccs2)sc2c1CCC2. The monoisotopic (exact) mass is 347 g/mol. The number of ether oxygens (including phenoxy) is 1. The zero-order chi connectivity index (χ0) is 16.2. The summed E-state index contributed by atoms with van der Waals surface area (Å²) in [5, 5.41) is 5.40. The van der Waals surface area contributed by atoms with Crippen molar-refractivity contribution in [2.75, 3.05) is 11.9 Å². The minimum absolute atomic E-state index is 0.233. The maximum Gasteiger partial charge on any atom is 0.341 e. The molecule has 2 aromatic heterocycles. The molecule has 0 spiro atoms. The highest BCUT2D eigenvalue weighted by Gasteiger charge is 2.27. The Morgan fingerprint density at radius 2 is 2.26 bits per heavy atom. The van der Waals surface area contributed by atoms with Crippen molar-refractivity contribution in [1.82, 2.24) is 0 Å². The van der Waals surface area contributed by atoms with Crippen LogP contribution in [0.4, 0.5) is 5.00 Å². The van der Waals surface area contributed by atoms with Gasteiger partial charge in [-0.1, -0.05) is 6.07 Å². The number of rotatable bonds is 5. The minimum Gasteiger partial charge on any atom is -0.462 e. The molecule has 0 fully saturated rings. The fourth-order valence-electron chi connectivity index (χ4n) is 2.61. The van der Waals surface area contributed by atoms with E-state index >= 15 is 0 Å². The molecular weight excluding hydrogens is 330 g/mol. The van der Waals surface area contributed by atoms with E-state index in [2.05, 4.69) is 5.32 Å². The highest BCUT2D eigenvalue weighted by Crippen LogP contribution is 2.39. The molecule has 0 aliphatic heterocycles. The summed E-state index contributed by atoms with van der Waals surface area (Å²) in [5.41, 5.74) is 1.59. The third-order valence-electron chi connectivity index (χ3n) is 3.58. The van der Waals surface area contributed by atoms with Gasteiger partial charge in [0.1, 0.15) is 5.00 Å². The lowest BCUT2D eigenvalue weighted by Gasteiger charge is -2.06. The predicted octanol–water partition coefficient (Wildman–Crippen LogP) is 4.13. The molecule has 1 amide bonds. The fraction of sp³-hybridized carbons (Fsp3) is 0.294. The molecule has 0 aromatic carbocycles. The van der Waals surface area contributed by atoms with Crippen LogP contribution in [0.5, 0.6) is 0 Å². The number of amides is 1. The normalized spacial score (nSPS) is 13.3. The second-order valence-electron chi connectivity index (χ2n) is 5.12. The van der Waals surface area contributed by atoms with E-state index in [-0.39, 0.29) is 11.9 Å². The van der Waals surface area contributed by atoms with E-state index in [4.69, 9.17) is 4.74 Å². The number of hydrogen-bond donors (Lipinski definition) is 1. The lowest BCUT2D eigenvalue weighted by atomic mass is 10.1. The molecule has 3 rings (SSSR count). The fourth-order valence-corrected chi connectivity index (χ4v) is 4.51. The van der Waals surface area contributed by atoms with Crippen LogP contribution < -0.4 is 5.32 Å². The summed E-state index contributed by atoms with van der Waals surface area (Å²) >= 11 is 3.06. The van der Waals surface area contributed by atoms with Gasteiger partial charge in [-0.2, -0.15) is 0 Å². The van der Waals surface area contributed by atoms with Gasteiger partial charge in [0.15, 0.2) is 0 Å². The average Bonchev–Trinajstić information content (AvgIpc) is 3.22. The van der Waals surface area contributed by atoms with Crippen molar-refractivity contribution in [3.05, 3.63) is 44.5 Å². The van der Waals surface area contributed by atoms with Crippen LogP contribution in [0.15, 0.2) is 23.6 Å². The first kappa shape index (κ1) is 16.0. The van der Waals surface area contributed by atoms with Gasteiger partial charge < -0.3 is 10.1 Å². The van der Waals surface area contributed by atoms with Crippen molar-refractivity contribution in [2.45, 2.75) is 26.2 Å². The number of fused-ring (bicyclic) bond motifs is 1. The lowest BCUT2D eigenvalue weighted by Crippen LogP contribution is -2.13. The number of anilines is 1. The Morgan fingerprint density at radius 1 is 1.39 bits per heavy atom. The quantitative estimate of drug-likeness (QED) is 0.654. The Hall–Kier alpha value is -1.92. The molecule has 0 atom stereocenters. The molecule has 2 heterocycles. The molecule has 120 valence electrons. The molecule has 6 heteroatoms. The molecule has 1 aliphatic rings. The van der Waals surface area contributed by atoms with Gasteiger partial charge in [0.05, 0.1) is 12.2 Å². The van der Waals surface area contributed by atoms with E-state index in [1.54, 1.807) is 24.3 Å². The zero-order valence-electron chi connectivity index (χ0n) is 12.8. The molecule has 0 radical (unpaired) electrons. The van der Waals surface area contributed by atoms with E-state index < -0.39 is 0 Å². The largest absolute Gasteiger partial charge is 0.462 e. The van der Waals surface area contributed by atoms with Crippen molar-refractivity contribution in [3.8, 4) is 0 Å². The Kier molecular flexibility index (Phi) is 4.93. The average molecular weight is 347 g/mol. The molecular formula is C17H17NO3S2. The number of thiophene rings is 2. The van der Waals surface area contributed by atoms with Gasteiger partial charge in [0.25, 0.3) is 0 Å². The van der Waals surface area contributed by atoms with E-state index in [1.165, 1.54) is 22.3 Å². The summed E-state index contributed by atoms with van der Waals surface area (Å²) in [6.07, 6.45) is 6.16. The van der Waals surface area contributed by atoms with Crippen molar-refractivity contribution in [3.63, 3.8) is 0 Å². The molecule has 0 saturated heterocycles. The Balaban J connectivity index is 1.79. The van der Waals surface area contributed by atoms with Gasteiger partial charge in [-0.3, -0.25) is 4.79 Å². The third-order valence-corrected chi connectivity index (χ3v) is 5.62.